The molecule has 0 atom stereocenters. The van der Waals surface area contributed by atoms with E-state index in [0.29, 0.717) is 16.8 Å². The summed E-state index contributed by atoms with van der Waals surface area (Å²) < 4.78 is 5.88. The van der Waals surface area contributed by atoms with Crippen LogP contribution in [0, 0.1) is 11.3 Å². The molecule has 0 aliphatic heterocycles. The Kier molecular flexibility index (Phi) is 4.31. The van der Waals surface area contributed by atoms with Gasteiger partial charge in [-0.1, -0.05) is 6.07 Å². The molecule has 7 heteroatoms. The molecule has 21 heavy (non-hydrogen) atoms. The first kappa shape index (κ1) is 14.3. The molecule has 1 aromatic carbocycles. The molecule has 1 heterocycles. The zero-order chi connectivity index (χ0) is 15.2. The van der Waals surface area contributed by atoms with Crippen LogP contribution < -0.4 is 5.32 Å². The Hall–Kier alpha value is -3.14. The molecule has 0 aliphatic rings. The average molecular weight is 284 g/mol. The fourth-order valence-corrected chi connectivity index (χ4v) is 1.64. The Labute approximate surface area is 120 Å². The maximum absolute atomic E-state index is 12.0. The number of nitriles is 1. The number of hydrogen-bond acceptors (Lipinski definition) is 5. The third kappa shape index (κ3) is 3.67. The van der Waals surface area contributed by atoms with Crippen molar-refractivity contribution in [2.45, 2.75) is 6.54 Å². The van der Waals surface area contributed by atoms with E-state index in [4.69, 9.17) is 5.26 Å². The number of methoxy groups -OCH3 is 1. The molecule has 0 fully saturated rings. The van der Waals surface area contributed by atoms with Crippen LogP contribution in [-0.2, 0) is 16.1 Å². The van der Waals surface area contributed by atoms with Crippen molar-refractivity contribution >= 4 is 17.6 Å². The Balaban J connectivity index is 2.06. The third-order valence-electron chi connectivity index (χ3n) is 2.66. The number of ether oxygens (including phenoxy) is 1. The van der Waals surface area contributed by atoms with Crippen molar-refractivity contribution in [1.29, 1.82) is 5.26 Å². The minimum atomic E-state index is -0.433. The fraction of sp³-hybridized carbons (Fsp3) is 0.143. The standard InChI is InChI=1S/C14H12N4O3/c1-21-13(19)9-18-8-12(7-16-18)17-14(20)11-4-2-3-10(5-11)6-15/h2-5,7-8H,9H2,1H3,(H,17,20). The lowest BCUT2D eigenvalue weighted by Crippen LogP contribution is -2.13. The SMILES string of the molecule is COC(=O)Cn1cc(NC(=O)c2cccc(C#N)c2)cn1. The van der Waals surface area contributed by atoms with Gasteiger partial charge in [-0.15, -0.1) is 0 Å². The lowest BCUT2D eigenvalue weighted by molar-refractivity contribution is -0.141. The molecule has 106 valence electrons. The zero-order valence-corrected chi connectivity index (χ0v) is 11.2. The molecule has 7 nitrogen and oxygen atoms in total. The van der Waals surface area contributed by atoms with Crippen molar-refractivity contribution in [2.75, 3.05) is 12.4 Å². The highest BCUT2D eigenvalue weighted by molar-refractivity contribution is 6.04. The van der Waals surface area contributed by atoms with E-state index in [1.54, 1.807) is 18.2 Å². The topological polar surface area (TPSA) is 97.0 Å². The lowest BCUT2D eigenvalue weighted by Gasteiger charge is -2.02. The molecule has 0 saturated heterocycles. The summed E-state index contributed by atoms with van der Waals surface area (Å²) in [4.78, 5) is 23.1. The molecule has 0 spiro atoms. The first-order valence-electron chi connectivity index (χ1n) is 6.03. The largest absolute Gasteiger partial charge is 0.468 e. The van der Waals surface area contributed by atoms with Crippen molar-refractivity contribution < 1.29 is 14.3 Å². The highest BCUT2D eigenvalue weighted by Gasteiger charge is 2.09. The number of carbonyl (C=O) groups excluding carboxylic acids is 2. The maximum Gasteiger partial charge on any atom is 0.327 e. The Morgan fingerprint density at radius 3 is 3.00 bits per heavy atom. The number of amides is 1. The van der Waals surface area contributed by atoms with Crippen LogP contribution in [0.4, 0.5) is 5.69 Å². The molecule has 2 aromatic rings. The van der Waals surface area contributed by atoms with Gasteiger partial charge in [0.1, 0.15) is 6.54 Å². The van der Waals surface area contributed by atoms with E-state index < -0.39 is 5.97 Å². The minimum absolute atomic E-state index is 0.0315. The molecule has 0 radical (unpaired) electrons. The summed E-state index contributed by atoms with van der Waals surface area (Å²) in [5.74, 6) is -0.789. The number of hydrogen-bond donors (Lipinski definition) is 1. The van der Waals surface area contributed by atoms with Gasteiger partial charge in [0.2, 0.25) is 0 Å². The van der Waals surface area contributed by atoms with E-state index in [2.05, 4.69) is 15.2 Å². The van der Waals surface area contributed by atoms with Crippen LogP contribution in [0.1, 0.15) is 15.9 Å². The van der Waals surface area contributed by atoms with Crippen molar-refractivity contribution in [1.82, 2.24) is 9.78 Å². The van der Waals surface area contributed by atoms with Crippen LogP contribution in [0.15, 0.2) is 36.7 Å². The van der Waals surface area contributed by atoms with Crippen LogP contribution in [0.5, 0.6) is 0 Å². The van der Waals surface area contributed by atoms with E-state index >= 15 is 0 Å². The second kappa shape index (κ2) is 6.34. The van der Waals surface area contributed by atoms with Crippen molar-refractivity contribution in [2.24, 2.45) is 0 Å². The normalized spacial score (nSPS) is 9.71. The summed E-state index contributed by atoms with van der Waals surface area (Å²) in [5.41, 5.74) is 1.23. The smallest absolute Gasteiger partial charge is 0.327 e. The zero-order valence-electron chi connectivity index (χ0n) is 11.2. The van der Waals surface area contributed by atoms with Gasteiger partial charge in [0.15, 0.2) is 0 Å². The number of nitrogens with zero attached hydrogens (tertiary/aromatic N) is 3. The van der Waals surface area contributed by atoms with Gasteiger partial charge in [-0.3, -0.25) is 14.3 Å². The number of esters is 1. The van der Waals surface area contributed by atoms with Gasteiger partial charge in [-0.25, -0.2) is 0 Å². The number of rotatable bonds is 4. The van der Waals surface area contributed by atoms with Gasteiger partial charge in [-0.05, 0) is 18.2 Å². The van der Waals surface area contributed by atoms with E-state index in [-0.39, 0.29) is 12.5 Å². The van der Waals surface area contributed by atoms with Crippen LogP contribution in [-0.4, -0.2) is 28.8 Å². The van der Waals surface area contributed by atoms with Crippen molar-refractivity contribution in [3.63, 3.8) is 0 Å². The quantitative estimate of drug-likeness (QED) is 0.850. The maximum atomic E-state index is 12.0. The summed E-state index contributed by atoms with van der Waals surface area (Å²) in [6.45, 7) is -0.0315. The predicted octanol–water partition coefficient (Wildman–Crippen LogP) is 1.18. The molecule has 1 amide bonds. The molecular weight excluding hydrogens is 272 g/mol. The van der Waals surface area contributed by atoms with Gasteiger partial charge in [-0.2, -0.15) is 10.4 Å². The van der Waals surface area contributed by atoms with Gasteiger partial charge in [0.25, 0.3) is 5.91 Å². The van der Waals surface area contributed by atoms with Crippen LogP contribution in [0.25, 0.3) is 0 Å². The highest BCUT2D eigenvalue weighted by Crippen LogP contribution is 2.10. The summed E-state index contributed by atoms with van der Waals surface area (Å²) in [6, 6.07) is 8.32. The van der Waals surface area contributed by atoms with Crippen molar-refractivity contribution in [3.8, 4) is 6.07 Å². The molecule has 1 N–H and O–H groups in total. The molecule has 0 saturated carbocycles. The summed E-state index contributed by atoms with van der Waals surface area (Å²) in [6.07, 6.45) is 2.94. The molecule has 2 rings (SSSR count). The van der Waals surface area contributed by atoms with Crippen molar-refractivity contribution in [3.05, 3.63) is 47.8 Å². The van der Waals surface area contributed by atoms with Crippen LogP contribution >= 0.6 is 0 Å². The van der Waals surface area contributed by atoms with Gasteiger partial charge in [0.05, 0.1) is 30.6 Å². The minimum Gasteiger partial charge on any atom is -0.468 e. The molecular formula is C14H12N4O3. The molecule has 0 aliphatic carbocycles. The third-order valence-corrected chi connectivity index (χ3v) is 2.66. The average Bonchev–Trinajstić information content (AvgIpc) is 2.94. The Morgan fingerprint density at radius 2 is 2.29 bits per heavy atom. The van der Waals surface area contributed by atoms with E-state index in [9.17, 15) is 9.59 Å². The van der Waals surface area contributed by atoms with Gasteiger partial charge in [0, 0.05) is 11.8 Å². The number of carbonyl (C=O) groups is 2. The summed E-state index contributed by atoms with van der Waals surface area (Å²) in [7, 11) is 1.29. The second-order valence-corrected chi connectivity index (χ2v) is 4.15. The van der Waals surface area contributed by atoms with E-state index in [0.717, 1.165) is 0 Å². The monoisotopic (exact) mass is 284 g/mol. The first-order valence-corrected chi connectivity index (χ1v) is 6.03. The molecule has 0 bridgehead atoms. The van der Waals surface area contributed by atoms with Crippen LogP contribution in [0.2, 0.25) is 0 Å². The number of benzene rings is 1. The fourth-order valence-electron chi connectivity index (χ4n) is 1.64. The Morgan fingerprint density at radius 1 is 1.48 bits per heavy atom. The highest BCUT2D eigenvalue weighted by atomic mass is 16.5. The number of anilines is 1. The number of nitrogens with one attached hydrogen (secondary N) is 1. The molecule has 0 unspecified atom stereocenters. The second-order valence-electron chi connectivity index (χ2n) is 4.15. The number of aromatic nitrogens is 2. The van der Waals surface area contributed by atoms with Crippen LogP contribution in [0.3, 0.4) is 0 Å². The Bertz CT molecular complexity index is 715. The van der Waals surface area contributed by atoms with Gasteiger partial charge >= 0.3 is 5.97 Å². The molecule has 1 aromatic heterocycles. The van der Waals surface area contributed by atoms with E-state index in [1.165, 1.54) is 30.3 Å². The summed E-state index contributed by atoms with van der Waals surface area (Å²) >= 11 is 0. The van der Waals surface area contributed by atoms with E-state index in [1.807, 2.05) is 6.07 Å². The van der Waals surface area contributed by atoms with Gasteiger partial charge < -0.3 is 10.1 Å². The first-order chi connectivity index (χ1) is 10.1. The lowest BCUT2D eigenvalue weighted by atomic mass is 10.1. The summed E-state index contributed by atoms with van der Waals surface area (Å²) in [5, 5.41) is 15.4. The predicted molar refractivity (Wildman–Crippen MR) is 73.4 cm³/mol.